The van der Waals surface area contributed by atoms with Crippen molar-refractivity contribution in [2.75, 3.05) is 6.79 Å². The fourth-order valence-electron chi connectivity index (χ4n) is 1.96. The summed E-state index contributed by atoms with van der Waals surface area (Å²) in [6, 6.07) is 9.73. The van der Waals surface area contributed by atoms with Gasteiger partial charge < -0.3 is 14.6 Å². The Morgan fingerprint density at radius 3 is 2.81 bits per heavy atom. The molecule has 4 nitrogen and oxygen atoms in total. The molecular weight excluding hydrogens is 295 g/mol. The fourth-order valence-corrected chi connectivity index (χ4v) is 2.83. The van der Waals surface area contributed by atoms with Crippen molar-refractivity contribution in [1.82, 2.24) is 0 Å². The lowest BCUT2D eigenvalue weighted by Gasteiger charge is -2.05. The largest absolute Gasteiger partial charge is 0.478 e. The molecule has 0 atom stereocenters. The third-order valence-corrected chi connectivity index (χ3v) is 4.08. The standard InChI is InChI=1S/C15H11FO4S/c16-12-3-2-10(6-11(12)15(17)18)21-7-9-1-4-13-14(5-9)20-8-19-13/h1-6H,7-8H2,(H,17,18). The Morgan fingerprint density at radius 1 is 1.19 bits per heavy atom. The molecule has 0 bridgehead atoms. The molecule has 1 aliphatic rings. The van der Waals surface area contributed by atoms with Gasteiger partial charge in [0.05, 0.1) is 5.56 Å². The van der Waals surface area contributed by atoms with Gasteiger partial charge in [-0.15, -0.1) is 11.8 Å². The zero-order chi connectivity index (χ0) is 14.8. The monoisotopic (exact) mass is 306 g/mol. The molecule has 2 aromatic rings. The Balaban J connectivity index is 1.73. The second-order valence-electron chi connectivity index (χ2n) is 4.42. The number of rotatable bonds is 4. The first kappa shape index (κ1) is 13.8. The van der Waals surface area contributed by atoms with Crippen LogP contribution in [0.4, 0.5) is 4.39 Å². The van der Waals surface area contributed by atoms with Crippen LogP contribution in [0.15, 0.2) is 41.3 Å². The maximum absolute atomic E-state index is 13.3. The van der Waals surface area contributed by atoms with E-state index in [-0.39, 0.29) is 12.4 Å². The molecule has 0 aromatic heterocycles. The minimum Gasteiger partial charge on any atom is -0.478 e. The summed E-state index contributed by atoms with van der Waals surface area (Å²) in [6.07, 6.45) is 0. The molecule has 6 heteroatoms. The Labute approximate surface area is 124 Å². The molecule has 21 heavy (non-hydrogen) atoms. The van der Waals surface area contributed by atoms with Gasteiger partial charge in [0, 0.05) is 10.6 Å². The van der Waals surface area contributed by atoms with E-state index in [0.29, 0.717) is 16.4 Å². The third kappa shape index (κ3) is 2.95. The molecule has 108 valence electrons. The van der Waals surface area contributed by atoms with Gasteiger partial charge >= 0.3 is 5.97 Å². The fraction of sp³-hybridized carbons (Fsp3) is 0.133. The van der Waals surface area contributed by atoms with Gasteiger partial charge in [-0.25, -0.2) is 9.18 Å². The Morgan fingerprint density at radius 2 is 2.00 bits per heavy atom. The summed E-state index contributed by atoms with van der Waals surface area (Å²) in [7, 11) is 0. The molecule has 0 unspecified atom stereocenters. The quantitative estimate of drug-likeness (QED) is 0.876. The van der Waals surface area contributed by atoms with Crippen molar-refractivity contribution in [3.8, 4) is 11.5 Å². The van der Waals surface area contributed by atoms with E-state index >= 15 is 0 Å². The summed E-state index contributed by atoms with van der Waals surface area (Å²) in [4.78, 5) is 11.6. The summed E-state index contributed by atoms with van der Waals surface area (Å²) in [5, 5.41) is 8.90. The topological polar surface area (TPSA) is 55.8 Å². The van der Waals surface area contributed by atoms with E-state index in [1.54, 1.807) is 6.07 Å². The van der Waals surface area contributed by atoms with E-state index in [4.69, 9.17) is 14.6 Å². The number of aromatic carboxylic acids is 1. The zero-order valence-corrected chi connectivity index (χ0v) is 11.7. The van der Waals surface area contributed by atoms with Crippen LogP contribution in [-0.4, -0.2) is 17.9 Å². The molecule has 0 saturated heterocycles. The lowest BCUT2D eigenvalue weighted by atomic mass is 10.2. The van der Waals surface area contributed by atoms with Crippen molar-refractivity contribution in [3.05, 3.63) is 53.3 Å². The Kier molecular flexibility index (Phi) is 3.70. The van der Waals surface area contributed by atoms with E-state index in [0.717, 1.165) is 11.3 Å². The van der Waals surface area contributed by atoms with Crippen LogP contribution in [0.3, 0.4) is 0 Å². The number of hydrogen-bond acceptors (Lipinski definition) is 4. The molecule has 1 heterocycles. The molecule has 3 rings (SSSR count). The van der Waals surface area contributed by atoms with E-state index in [1.807, 2.05) is 18.2 Å². The second kappa shape index (κ2) is 5.65. The molecule has 1 aliphatic heterocycles. The van der Waals surface area contributed by atoms with Crippen LogP contribution in [0.25, 0.3) is 0 Å². The number of carbonyl (C=O) groups is 1. The number of carboxylic acid groups (broad SMARTS) is 1. The Bertz CT molecular complexity index is 702. The maximum Gasteiger partial charge on any atom is 0.338 e. The lowest BCUT2D eigenvalue weighted by molar-refractivity contribution is 0.0691. The van der Waals surface area contributed by atoms with Gasteiger partial charge in [0.25, 0.3) is 0 Å². The van der Waals surface area contributed by atoms with Crippen LogP contribution in [-0.2, 0) is 5.75 Å². The SMILES string of the molecule is O=C(O)c1cc(SCc2ccc3c(c2)OCO3)ccc1F. The summed E-state index contributed by atoms with van der Waals surface area (Å²) >= 11 is 1.43. The molecule has 1 N–H and O–H groups in total. The van der Waals surface area contributed by atoms with Crippen molar-refractivity contribution in [1.29, 1.82) is 0 Å². The average Bonchev–Trinajstić information content (AvgIpc) is 2.93. The molecule has 0 radical (unpaired) electrons. The first-order chi connectivity index (χ1) is 10.1. The maximum atomic E-state index is 13.3. The van der Waals surface area contributed by atoms with Crippen molar-refractivity contribution in [2.24, 2.45) is 0 Å². The summed E-state index contributed by atoms with van der Waals surface area (Å²) in [5.41, 5.74) is 0.705. The minimum absolute atomic E-state index is 0.228. The molecule has 2 aromatic carbocycles. The highest BCUT2D eigenvalue weighted by atomic mass is 32.2. The van der Waals surface area contributed by atoms with Crippen LogP contribution in [0, 0.1) is 5.82 Å². The van der Waals surface area contributed by atoms with Gasteiger partial charge in [-0.1, -0.05) is 6.07 Å². The lowest BCUT2D eigenvalue weighted by Crippen LogP contribution is -2.00. The summed E-state index contributed by atoms with van der Waals surface area (Å²) in [5.74, 6) is 0.0616. The highest BCUT2D eigenvalue weighted by Crippen LogP contribution is 2.34. The first-order valence-electron chi connectivity index (χ1n) is 6.17. The first-order valence-corrected chi connectivity index (χ1v) is 7.16. The molecule has 0 aliphatic carbocycles. The van der Waals surface area contributed by atoms with E-state index in [2.05, 4.69) is 0 Å². The number of carboxylic acids is 1. The number of fused-ring (bicyclic) bond motifs is 1. The van der Waals surface area contributed by atoms with Gasteiger partial charge in [-0.3, -0.25) is 0 Å². The van der Waals surface area contributed by atoms with Crippen molar-refractivity contribution >= 4 is 17.7 Å². The van der Waals surface area contributed by atoms with Crippen molar-refractivity contribution < 1.29 is 23.8 Å². The molecule has 0 saturated carbocycles. The summed E-state index contributed by atoms with van der Waals surface area (Å²) in [6.45, 7) is 0.228. The highest BCUT2D eigenvalue weighted by Gasteiger charge is 2.14. The van der Waals surface area contributed by atoms with E-state index in [9.17, 15) is 9.18 Å². The third-order valence-electron chi connectivity index (χ3n) is 3.01. The van der Waals surface area contributed by atoms with Crippen LogP contribution < -0.4 is 9.47 Å². The van der Waals surface area contributed by atoms with Crippen molar-refractivity contribution in [3.63, 3.8) is 0 Å². The Hall–Kier alpha value is -2.21. The smallest absolute Gasteiger partial charge is 0.338 e. The van der Waals surface area contributed by atoms with Gasteiger partial charge in [-0.2, -0.15) is 0 Å². The van der Waals surface area contributed by atoms with Crippen LogP contribution >= 0.6 is 11.8 Å². The number of benzene rings is 2. The van der Waals surface area contributed by atoms with Gasteiger partial charge in [0.1, 0.15) is 5.82 Å². The van der Waals surface area contributed by atoms with Gasteiger partial charge in [-0.05, 0) is 35.9 Å². The highest BCUT2D eigenvalue weighted by molar-refractivity contribution is 7.98. The number of hydrogen-bond donors (Lipinski definition) is 1. The van der Waals surface area contributed by atoms with Crippen molar-refractivity contribution in [2.45, 2.75) is 10.6 Å². The van der Waals surface area contributed by atoms with Crippen LogP contribution in [0.1, 0.15) is 15.9 Å². The zero-order valence-electron chi connectivity index (χ0n) is 10.8. The normalized spacial score (nSPS) is 12.4. The van der Waals surface area contributed by atoms with Crippen LogP contribution in [0.2, 0.25) is 0 Å². The average molecular weight is 306 g/mol. The number of halogens is 1. The van der Waals surface area contributed by atoms with Crippen LogP contribution in [0.5, 0.6) is 11.5 Å². The summed E-state index contributed by atoms with van der Waals surface area (Å²) < 4.78 is 23.8. The van der Waals surface area contributed by atoms with Gasteiger partial charge in [0.15, 0.2) is 11.5 Å². The predicted molar refractivity (Wildman–Crippen MR) is 75.5 cm³/mol. The molecular formula is C15H11FO4S. The minimum atomic E-state index is -1.27. The molecule has 0 spiro atoms. The van der Waals surface area contributed by atoms with Gasteiger partial charge in [0.2, 0.25) is 6.79 Å². The molecule has 0 fully saturated rings. The second-order valence-corrected chi connectivity index (χ2v) is 5.47. The number of thioether (sulfide) groups is 1. The molecule has 0 amide bonds. The van der Waals surface area contributed by atoms with E-state index in [1.165, 1.54) is 23.9 Å². The number of ether oxygens (including phenoxy) is 2. The van der Waals surface area contributed by atoms with E-state index < -0.39 is 11.8 Å². The predicted octanol–water partition coefficient (Wildman–Crippen LogP) is 3.54.